The minimum atomic E-state index is -3.98. The molecule has 0 spiro atoms. The number of amides is 1. The molecule has 0 radical (unpaired) electrons. The third kappa shape index (κ3) is 5.24. The highest BCUT2D eigenvalue weighted by molar-refractivity contribution is 7.92. The van der Waals surface area contributed by atoms with Crippen LogP contribution in [0.3, 0.4) is 0 Å². The van der Waals surface area contributed by atoms with E-state index in [2.05, 4.69) is 5.32 Å². The third-order valence-corrected chi connectivity index (χ3v) is 5.90. The molecule has 0 aliphatic heterocycles. The van der Waals surface area contributed by atoms with Crippen LogP contribution < -0.4 is 14.4 Å². The van der Waals surface area contributed by atoms with Crippen molar-refractivity contribution in [1.82, 2.24) is 5.32 Å². The number of benzene rings is 2. The molecule has 1 N–H and O–H groups in total. The highest BCUT2D eigenvalue weighted by Crippen LogP contribution is 2.33. The van der Waals surface area contributed by atoms with Crippen molar-refractivity contribution in [3.05, 3.63) is 53.6 Å². The Morgan fingerprint density at radius 3 is 2.29 bits per heavy atom. The maximum absolute atomic E-state index is 13.4. The Kier molecular flexibility index (Phi) is 7.42. The van der Waals surface area contributed by atoms with Gasteiger partial charge in [-0.25, -0.2) is 8.42 Å². The van der Waals surface area contributed by atoms with Crippen LogP contribution >= 0.6 is 0 Å². The lowest BCUT2D eigenvalue weighted by Gasteiger charge is -2.26. The molecule has 0 heterocycles. The fourth-order valence-corrected chi connectivity index (χ4v) is 4.03. The molecule has 152 valence electrons. The van der Waals surface area contributed by atoms with Crippen molar-refractivity contribution in [2.45, 2.75) is 18.7 Å². The van der Waals surface area contributed by atoms with Crippen molar-refractivity contribution in [2.24, 2.45) is 0 Å². The number of nitrogens with zero attached hydrogens (tertiary/aromatic N) is 1. The number of carbonyl (C=O) groups excluding carboxylic acids is 1. The second-order valence-corrected chi connectivity index (χ2v) is 8.21. The van der Waals surface area contributed by atoms with Crippen molar-refractivity contribution in [2.75, 3.05) is 38.2 Å². The smallest absolute Gasteiger partial charge is 0.264 e. The molecule has 0 saturated carbocycles. The zero-order chi connectivity index (χ0) is 20.7. The maximum Gasteiger partial charge on any atom is 0.264 e. The molecule has 8 heteroatoms. The molecular formula is C20H26N2O5S. The Bertz CT molecular complexity index is 911. The summed E-state index contributed by atoms with van der Waals surface area (Å²) in [6.45, 7) is 3.97. The van der Waals surface area contributed by atoms with Gasteiger partial charge in [0.2, 0.25) is 5.91 Å². The van der Waals surface area contributed by atoms with Crippen LogP contribution in [-0.4, -0.2) is 48.2 Å². The van der Waals surface area contributed by atoms with Gasteiger partial charge in [0.25, 0.3) is 10.0 Å². The molecule has 28 heavy (non-hydrogen) atoms. The maximum atomic E-state index is 13.4. The van der Waals surface area contributed by atoms with E-state index in [0.29, 0.717) is 24.6 Å². The van der Waals surface area contributed by atoms with E-state index in [1.165, 1.54) is 26.4 Å². The van der Waals surface area contributed by atoms with Crippen LogP contribution in [0.25, 0.3) is 0 Å². The number of methoxy groups -OCH3 is 2. The first-order valence-corrected chi connectivity index (χ1v) is 10.2. The summed E-state index contributed by atoms with van der Waals surface area (Å²) in [4.78, 5) is 12.5. The summed E-state index contributed by atoms with van der Waals surface area (Å²) in [7, 11) is -0.997. The summed E-state index contributed by atoms with van der Waals surface area (Å²) < 4.78 is 38.1. The summed E-state index contributed by atoms with van der Waals surface area (Å²) in [6, 6.07) is 11.7. The van der Waals surface area contributed by atoms with Gasteiger partial charge in [-0.2, -0.15) is 0 Å². The van der Waals surface area contributed by atoms with Crippen molar-refractivity contribution in [1.29, 1.82) is 0 Å². The molecule has 2 aromatic carbocycles. The summed E-state index contributed by atoms with van der Waals surface area (Å²) in [5.74, 6) is -0.0673. The van der Waals surface area contributed by atoms with Gasteiger partial charge in [-0.3, -0.25) is 9.10 Å². The number of hydrogen-bond acceptors (Lipinski definition) is 5. The Morgan fingerprint density at radius 1 is 1.04 bits per heavy atom. The molecule has 0 unspecified atom stereocenters. The highest BCUT2D eigenvalue weighted by Gasteiger charge is 2.29. The second kappa shape index (κ2) is 9.57. The van der Waals surface area contributed by atoms with E-state index < -0.39 is 15.9 Å². The Labute approximate surface area is 166 Å². The number of aryl methyl sites for hydroxylation is 2. The number of carbonyl (C=O) groups is 1. The molecule has 0 saturated heterocycles. The molecule has 0 atom stereocenters. The van der Waals surface area contributed by atoms with Crippen molar-refractivity contribution >= 4 is 21.6 Å². The average Bonchev–Trinajstić information content (AvgIpc) is 2.66. The van der Waals surface area contributed by atoms with E-state index in [1.54, 1.807) is 24.3 Å². The van der Waals surface area contributed by atoms with Gasteiger partial charge in [0.15, 0.2) is 0 Å². The lowest BCUT2D eigenvalue weighted by Crippen LogP contribution is -2.41. The zero-order valence-corrected chi connectivity index (χ0v) is 17.4. The van der Waals surface area contributed by atoms with Crippen LogP contribution in [0.4, 0.5) is 5.69 Å². The fraction of sp³-hybridized carbons (Fsp3) is 0.350. The first kappa shape index (κ1) is 21.7. The average molecular weight is 407 g/mol. The van der Waals surface area contributed by atoms with Crippen LogP contribution in [0.1, 0.15) is 11.1 Å². The normalized spacial score (nSPS) is 11.1. The minimum absolute atomic E-state index is 0.103. The molecule has 2 aromatic rings. The molecule has 7 nitrogen and oxygen atoms in total. The first-order valence-electron chi connectivity index (χ1n) is 8.79. The minimum Gasteiger partial charge on any atom is -0.495 e. The number of rotatable bonds is 9. The van der Waals surface area contributed by atoms with E-state index in [4.69, 9.17) is 9.47 Å². The largest absolute Gasteiger partial charge is 0.495 e. The highest BCUT2D eigenvalue weighted by atomic mass is 32.2. The molecule has 0 aromatic heterocycles. The summed E-state index contributed by atoms with van der Waals surface area (Å²) >= 11 is 0. The van der Waals surface area contributed by atoms with E-state index in [0.717, 1.165) is 15.4 Å². The molecular weight excluding hydrogens is 380 g/mol. The Balaban J connectivity index is 2.48. The van der Waals surface area contributed by atoms with Gasteiger partial charge in [0, 0.05) is 13.7 Å². The molecule has 0 aliphatic rings. The number of nitrogens with one attached hydrogen (secondary N) is 1. The molecule has 0 aliphatic carbocycles. The lowest BCUT2D eigenvalue weighted by atomic mass is 10.2. The van der Waals surface area contributed by atoms with Gasteiger partial charge in [-0.15, -0.1) is 0 Å². The predicted molar refractivity (Wildman–Crippen MR) is 108 cm³/mol. The third-order valence-electron chi connectivity index (χ3n) is 4.13. The summed E-state index contributed by atoms with van der Waals surface area (Å²) in [5.41, 5.74) is 2.10. The van der Waals surface area contributed by atoms with Crippen LogP contribution in [0.15, 0.2) is 47.4 Å². The van der Waals surface area contributed by atoms with Crippen LogP contribution in [-0.2, 0) is 19.6 Å². The van der Waals surface area contributed by atoms with E-state index >= 15 is 0 Å². The standard InChI is InChI=1S/C20H26N2O5S/c1-15-5-8-17(9-6-15)28(24,25)22(14-20(23)21-11-12-26-3)18-13-16(2)7-10-19(18)27-4/h5-10,13H,11-12,14H2,1-4H3,(H,21,23). The van der Waals surface area contributed by atoms with Gasteiger partial charge in [0.1, 0.15) is 12.3 Å². The van der Waals surface area contributed by atoms with Crippen LogP contribution in [0.5, 0.6) is 5.75 Å². The molecule has 0 bridgehead atoms. The quantitative estimate of drug-likeness (QED) is 0.646. The SMILES string of the molecule is COCCNC(=O)CN(c1cc(C)ccc1OC)S(=O)(=O)c1ccc(C)cc1. The molecule has 0 fully saturated rings. The van der Waals surface area contributed by atoms with Crippen molar-refractivity contribution in [3.63, 3.8) is 0 Å². The number of anilines is 1. The topological polar surface area (TPSA) is 84.9 Å². The van der Waals surface area contributed by atoms with Crippen LogP contribution in [0, 0.1) is 13.8 Å². The number of ether oxygens (including phenoxy) is 2. The lowest BCUT2D eigenvalue weighted by molar-refractivity contribution is -0.119. The van der Waals surface area contributed by atoms with Crippen molar-refractivity contribution in [3.8, 4) is 5.75 Å². The van der Waals surface area contributed by atoms with E-state index in [9.17, 15) is 13.2 Å². The first-order chi connectivity index (χ1) is 13.3. The van der Waals surface area contributed by atoms with E-state index in [-0.39, 0.29) is 11.4 Å². The number of hydrogen-bond donors (Lipinski definition) is 1. The van der Waals surface area contributed by atoms with Crippen molar-refractivity contribution < 1.29 is 22.7 Å². The molecule has 1 amide bonds. The van der Waals surface area contributed by atoms with Gasteiger partial charge in [0.05, 0.1) is 24.3 Å². The van der Waals surface area contributed by atoms with Gasteiger partial charge >= 0.3 is 0 Å². The number of sulfonamides is 1. The monoisotopic (exact) mass is 406 g/mol. The summed E-state index contributed by atoms with van der Waals surface area (Å²) in [5, 5.41) is 2.66. The second-order valence-electron chi connectivity index (χ2n) is 6.34. The van der Waals surface area contributed by atoms with Gasteiger partial charge in [-0.1, -0.05) is 23.8 Å². The van der Waals surface area contributed by atoms with Gasteiger partial charge < -0.3 is 14.8 Å². The fourth-order valence-electron chi connectivity index (χ4n) is 2.61. The zero-order valence-electron chi connectivity index (χ0n) is 16.6. The summed E-state index contributed by atoms with van der Waals surface area (Å²) in [6.07, 6.45) is 0. The van der Waals surface area contributed by atoms with Gasteiger partial charge in [-0.05, 0) is 43.7 Å². The predicted octanol–water partition coefficient (Wildman–Crippen LogP) is 2.27. The molecule has 2 rings (SSSR count). The Morgan fingerprint density at radius 2 is 1.68 bits per heavy atom. The Hall–Kier alpha value is -2.58. The van der Waals surface area contributed by atoms with Crippen LogP contribution in [0.2, 0.25) is 0 Å². The van der Waals surface area contributed by atoms with E-state index in [1.807, 2.05) is 19.9 Å².